The molecule has 9 heteroatoms. The van der Waals surface area contributed by atoms with E-state index in [1.54, 1.807) is 17.1 Å². The lowest BCUT2D eigenvalue weighted by atomic mass is 9.92. The first-order chi connectivity index (χ1) is 13.1. The lowest BCUT2D eigenvalue weighted by molar-refractivity contribution is 0.0929. The van der Waals surface area contributed by atoms with Crippen LogP contribution in [-0.4, -0.2) is 41.3 Å². The molecule has 1 amide bonds. The second-order valence-electron chi connectivity index (χ2n) is 7.08. The lowest BCUT2D eigenvalue weighted by Gasteiger charge is -2.25. The maximum Gasteiger partial charge on any atom is 0.273 e. The van der Waals surface area contributed by atoms with Gasteiger partial charge in [0.15, 0.2) is 5.69 Å². The zero-order valence-electron chi connectivity index (χ0n) is 15.3. The Morgan fingerprint density at radius 3 is 2.89 bits per heavy atom. The first-order valence-corrected chi connectivity index (χ1v) is 9.42. The summed E-state index contributed by atoms with van der Waals surface area (Å²) in [5.41, 5.74) is 7.06. The van der Waals surface area contributed by atoms with Gasteiger partial charge in [0.05, 0.1) is 24.0 Å². The highest BCUT2D eigenvalue weighted by Gasteiger charge is 2.23. The average molecular weight is 368 g/mol. The van der Waals surface area contributed by atoms with Crippen LogP contribution in [-0.2, 0) is 0 Å². The average Bonchev–Trinajstić information content (AvgIpc) is 3.33. The lowest BCUT2D eigenvalue weighted by Crippen LogP contribution is -2.29. The number of nitrogens with zero attached hydrogens (tertiary/aromatic N) is 6. The van der Waals surface area contributed by atoms with Gasteiger partial charge >= 0.3 is 0 Å². The summed E-state index contributed by atoms with van der Waals surface area (Å²) in [5.74, 6) is 0.368. The molecular formula is C18H24N8O. The summed E-state index contributed by atoms with van der Waals surface area (Å²) in [7, 11) is 0. The van der Waals surface area contributed by atoms with Crippen LogP contribution in [0.5, 0.6) is 0 Å². The summed E-state index contributed by atoms with van der Waals surface area (Å²) in [6.45, 7) is 2.00. The molecule has 1 aliphatic rings. The molecular weight excluding hydrogens is 344 g/mol. The largest absolute Gasteiger partial charge is 0.342 e. The number of hydrogen-bond acceptors (Lipinski definition) is 6. The van der Waals surface area contributed by atoms with E-state index in [4.69, 9.17) is 5.73 Å². The van der Waals surface area contributed by atoms with Crippen LogP contribution < -0.4 is 11.1 Å². The van der Waals surface area contributed by atoms with Crippen molar-refractivity contribution < 1.29 is 4.79 Å². The Morgan fingerprint density at radius 2 is 2.15 bits per heavy atom. The fourth-order valence-corrected chi connectivity index (χ4v) is 3.56. The van der Waals surface area contributed by atoms with E-state index < -0.39 is 0 Å². The van der Waals surface area contributed by atoms with Gasteiger partial charge in [0.25, 0.3) is 5.91 Å². The standard InChI is InChI=1S/C18H24N8O/c1-2-14(15-10-25-9-3-8-20-18(25)22-15)21-17(27)16-11-26(24-23-16)13-6-4-12(19)5-7-13/h3,8-14H,2,4-7,19H2,1H3,(H,21,27). The van der Waals surface area contributed by atoms with Gasteiger partial charge in [0, 0.05) is 24.6 Å². The van der Waals surface area contributed by atoms with E-state index in [2.05, 4.69) is 25.6 Å². The highest BCUT2D eigenvalue weighted by molar-refractivity contribution is 5.92. The van der Waals surface area contributed by atoms with E-state index in [1.165, 1.54) is 0 Å². The third kappa shape index (κ3) is 3.68. The minimum Gasteiger partial charge on any atom is -0.342 e. The van der Waals surface area contributed by atoms with Crippen LogP contribution >= 0.6 is 0 Å². The van der Waals surface area contributed by atoms with Crippen molar-refractivity contribution in [2.75, 3.05) is 0 Å². The first-order valence-electron chi connectivity index (χ1n) is 9.42. The van der Waals surface area contributed by atoms with E-state index in [0.717, 1.165) is 31.4 Å². The van der Waals surface area contributed by atoms with E-state index in [0.29, 0.717) is 17.9 Å². The Labute approximate surface area is 157 Å². The molecule has 0 bridgehead atoms. The van der Waals surface area contributed by atoms with Crippen molar-refractivity contribution in [2.45, 2.75) is 57.2 Å². The third-order valence-corrected chi connectivity index (χ3v) is 5.18. The molecule has 9 nitrogen and oxygen atoms in total. The summed E-state index contributed by atoms with van der Waals surface area (Å²) in [5, 5.41) is 11.2. The Morgan fingerprint density at radius 1 is 1.33 bits per heavy atom. The number of hydrogen-bond donors (Lipinski definition) is 2. The van der Waals surface area contributed by atoms with Crippen molar-refractivity contribution in [3.05, 3.63) is 42.2 Å². The summed E-state index contributed by atoms with van der Waals surface area (Å²) in [6.07, 6.45) is 11.8. The number of nitrogens with one attached hydrogen (secondary N) is 1. The van der Waals surface area contributed by atoms with E-state index in [1.807, 2.05) is 29.8 Å². The Hall–Kier alpha value is -2.81. The molecule has 1 unspecified atom stereocenters. The van der Waals surface area contributed by atoms with Crippen LogP contribution in [0.3, 0.4) is 0 Å². The Balaban J connectivity index is 1.46. The molecule has 27 heavy (non-hydrogen) atoms. The molecule has 0 saturated heterocycles. The summed E-state index contributed by atoms with van der Waals surface area (Å²) in [6, 6.07) is 2.18. The van der Waals surface area contributed by atoms with Crippen LogP contribution in [0.15, 0.2) is 30.9 Å². The molecule has 0 spiro atoms. The maximum atomic E-state index is 12.7. The first kappa shape index (κ1) is 17.6. The number of carbonyl (C=O) groups is 1. The Kier molecular flexibility index (Phi) is 4.85. The molecule has 4 rings (SSSR count). The van der Waals surface area contributed by atoms with E-state index in [9.17, 15) is 4.79 Å². The number of carbonyl (C=O) groups excluding carboxylic acids is 1. The molecule has 0 radical (unpaired) electrons. The van der Waals surface area contributed by atoms with Crippen LogP contribution in [0.2, 0.25) is 0 Å². The fourth-order valence-electron chi connectivity index (χ4n) is 3.56. The predicted octanol–water partition coefficient (Wildman–Crippen LogP) is 1.64. The molecule has 0 aliphatic heterocycles. The van der Waals surface area contributed by atoms with Gasteiger partial charge in [0.2, 0.25) is 5.78 Å². The molecule has 142 valence electrons. The summed E-state index contributed by atoms with van der Waals surface area (Å²) in [4.78, 5) is 21.4. The minimum atomic E-state index is -0.245. The highest BCUT2D eigenvalue weighted by atomic mass is 16.2. The monoisotopic (exact) mass is 368 g/mol. The summed E-state index contributed by atoms with van der Waals surface area (Å²) >= 11 is 0. The van der Waals surface area contributed by atoms with Gasteiger partial charge in [-0.2, -0.15) is 0 Å². The smallest absolute Gasteiger partial charge is 0.273 e. The number of imidazole rings is 1. The normalized spacial score (nSPS) is 21.3. The van der Waals surface area contributed by atoms with Gasteiger partial charge in [-0.15, -0.1) is 5.10 Å². The van der Waals surface area contributed by atoms with Gasteiger partial charge in [-0.05, 0) is 38.2 Å². The number of nitrogens with two attached hydrogens (primary N) is 1. The molecule has 1 atom stereocenters. The zero-order valence-corrected chi connectivity index (χ0v) is 15.3. The maximum absolute atomic E-state index is 12.7. The van der Waals surface area contributed by atoms with E-state index in [-0.39, 0.29) is 24.0 Å². The van der Waals surface area contributed by atoms with Crippen LogP contribution in [0.4, 0.5) is 0 Å². The van der Waals surface area contributed by atoms with Gasteiger partial charge in [0.1, 0.15) is 0 Å². The topological polar surface area (TPSA) is 116 Å². The fraction of sp³-hybridized carbons (Fsp3) is 0.500. The zero-order chi connectivity index (χ0) is 18.8. The third-order valence-electron chi connectivity index (χ3n) is 5.18. The SMILES string of the molecule is CCC(NC(=O)c1cn(C2CCC(N)CC2)nn1)c1cn2cccnc2n1. The van der Waals surface area contributed by atoms with Crippen molar-refractivity contribution in [3.8, 4) is 0 Å². The molecule has 3 aromatic rings. The number of amides is 1. The Bertz CT molecular complexity index is 891. The van der Waals surface area contributed by atoms with Crippen LogP contribution in [0, 0.1) is 0 Å². The van der Waals surface area contributed by atoms with Crippen LogP contribution in [0.1, 0.15) is 67.3 Å². The predicted molar refractivity (Wildman–Crippen MR) is 99.0 cm³/mol. The number of rotatable bonds is 5. The van der Waals surface area contributed by atoms with Gasteiger partial charge in [-0.1, -0.05) is 12.1 Å². The van der Waals surface area contributed by atoms with Gasteiger partial charge in [-0.25, -0.2) is 14.6 Å². The minimum absolute atomic E-state index is 0.211. The van der Waals surface area contributed by atoms with Gasteiger partial charge in [-0.3, -0.25) is 9.20 Å². The summed E-state index contributed by atoms with van der Waals surface area (Å²) < 4.78 is 3.64. The molecule has 0 aromatic carbocycles. The molecule has 3 aromatic heterocycles. The number of fused-ring (bicyclic) bond motifs is 1. The van der Waals surface area contributed by atoms with Crippen molar-refractivity contribution in [1.82, 2.24) is 34.7 Å². The number of aromatic nitrogens is 6. The van der Waals surface area contributed by atoms with Crippen molar-refractivity contribution in [1.29, 1.82) is 0 Å². The molecule has 1 saturated carbocycles. The van der Waals surface area contributed by atoms with Gasteiger partial charge < -0.3 is 11.1 Å². The van der Waals surface area contributed by atoms with Crippen molar-refractivity contribution in [2.24, 2.45) is 5.73 Å². The second-order valence-corrected chi connectivity index (χ2v) is 7.08. The molecule has 1 fully saturated rings. The molecule has 3 N–H and O–H groups in total. The van der Waals surface area contributed by atoms with Crippen molar-refractivity contribution in [3.63, 3.8) is 0 Å². The molecule has 1 aliphatic carbocycles. The molecule has 3 heterocycles. The highest BCUT2D eigenvalue weighted by Crippen LogP contribution is 2.27. The quantitative estimate of drug-likeness (QED) is 0.707. The second kappa shape index (κ2) is 7.43. The van der Waals surface area contributed by atoms with E-state index >= 15 is 0 Å². The van der Waals surface area contributed by atoms with Crippen LogP contribution in [0.25, 0.3) is 5.78 Å². The van der Waals surface area contributed by atoms with Crippen molar-refractivity contribution >= 4 is 11.7 Å².